The molecule has 0 radical (unpaired) electrons. The lowest BCUT2D eigenvalue weighted by Gasteiger charge is -2.40. The van der Waals surface area contributed by atoms with E-state index in [9.17, 15) is 10.1 Å². The fraction of sp³-hybridized carbons (Fsp3) is 0.320. The molecule has 0 saturated carbocycles. The third-order valence-electron chi connectivity index (χ3n) is 5.80. The normalized spacial score (nSPS) is 18.2. The van der Waals surface area contributed by atoms with Crippen LogP contribution in [0.4, 0.5) is 5.69 Å². The summed E-state index contributed by atoms with van der Waals surface area (Å²) >= 11 is 6.40. The number of allylic oxidation sites excluding steroid dienone is 3. The number of ether oxygens (including phenoxy) is 2. The maximum atomic E-state index is 13.3. The summed E-state index contributed by atoms with van der Waals surface area (Å²) in [5, 5.41) is 10.5. The van der Waals surface area contributed by atoms with Gasteiger partial charge in [0.1, 0.15) is 17.3 Å². The van der Waals surface area contributed by atoms with Gasteiger partial charge in [0.15, 0.2) is 10.9 Å². The van der Waals surface area contributed by atoms with Crippen molar-refractivity contribution in [2.24, 2.45) is 5.73 Å². The highest BCUT2D eigenvalue weighted by Gasteiger charge is 2.42. The molecule has 0 amide bonds. The van der Waals surface area contributed by atoms with Crippen LogP contribution in [0.5, 0.6) is 11.5 Å². The highest BCUT2D eigenvalue weighted by molar-refractivity contribution is 6.32. The topological polar surface area (TPSA) is 101 Å². The zero-order chi connectivity index (χ0) is 23.5. The number of Topliss-reactive ketones (excluding diaryl/α,β-unsaturated/α-hetero) is 1. The number of halogens is 1. The average Bonchev–Trinajstić information content (AvgIpc) is 2.81. The van der Waals surface area contributed by atoms with Gasteiger partial charge in [0.05, 0.1) is 36.5 Å². The van der Waals surface area contributed by atoms with Gasteiger partial charge >= 0.3 is 0 Å². The van der Waals surface area contributed by atoms with Gasteiger partial charge in [-0.05, 0) is 57.0 Å². The van der Waals surface area contributed by atoms with Crippen LogP contribution in [0.15, 0.2) is 59.2 Å². The van der Waals surface area contributed by atoms with Gasteiger partial charge < -0.3 is 15.2 Å². The molecular weight excluding hydrogens is 440 g/mol. The van der Waals surface area contributed by atoms with Crippen LogP contribution in [-0.2, 0) is 4.79 Å². The van der Waals surface area contributed by atoms with Crippen LogP contribution in [0.1, 0.15) is 44.6 Å². The Morgan fingerprint density at radius 3 is 2.73 bits per heavy atom. The van der Waals surface area contributed by atoms with Crippen molar-refractivity contribution in [2.45, 2.75) is 39.0 Å². The van der Waals surface area contributed by atoms with E-state index in [1.165, 1.54) is 0 Å². The molecule has 1 aromatic carbocycles. The Bertz CT molecular complexity index is 1200. The van der Waals surface area contributed by atoms with Gasteiger partial charge in [-0.2, -0.15) is 5.26 Å². The number of carbonyl (C=O) groups is 1. The summed E-state index contributed by atoms with van der Waals surface area (Å²) in [4.78, 5) is 19.2. The molecule has 33 heavy (non-hydrogen) atoms. The molecule has 1 unspecified atom stereocenters. The van der Waals surface area contributed by atoms with E-state index in [-0.39, 0.29) is 22.3 Å². The van der Waals surface area contributed by atoms with Gasteiger partial charge in [0.25, 0.3) is 0 Å². The first kappa shape index (κ1) is 22.7. The standard InChI is InChI=1S/C25H25ClN4O3/c1-3-32-15-10-11-21(33-4-2)16(13-15)22-17(14-27)25(28)30(19-8-6-12-29-24(19)26)18-7-5-9-20(31)23(18)22/h6,8,10-13,22H,3-5,7,9,28H2,1-2H3. The van der Waals surface area contributed by atoms with Gasteiger partial charge in [0, 0.05) is 29.5 Å². The molecule has 4 rings (SSSR count). The Morgan fingerprint density at radius 2 is 2.03 bits per heavy atom. The Kier molecular flexibility index (Phi) is 6.57. The smallest absolute Gasteiger partial charge is 0.161 e. The first-order valence-corrected chi connectivity index (χ1v) is 11.4. The van der Waals surface area contributed by atoms with Gasteiger partial charge in [0.2, 0.25) is 0 Å². The van der Waals surface area contributed by atoms with Crippen molar-refractivity contribution in [1.82, 2.24) is 4.98 Å². The quantitative estimate of drug-likeness (QED) is 0.610. The molecule has 2 heterocycles. The largest absolute Gasteiger partial charge is 0.494 e. The number of benzene rings is 1. The van der Waals surface area contributed by atoms with E-state index < -0.39 is 5.92 Å². The second-order valence-corrected chi connectivity index (χ2v) is 8.05. The monoisotopic (exact) mass is 464 g/mol. The molecule has 0 fully saturated rings. The number of ketones is 1. The van der Waals surface area contributed by atoms with Crippen LogP contribution < -0.4 is 20.1 Å². The second kappa shape index (κ2) is 9.55. The van der Waals surface area contributed by atoms with E-state index in [2.05, 4.69) is 11.1 Å². The number of nitriles is 1. The number of rotatable bonds is 6. The van der Waals surface area contributed by atoms with Crippen molar-refractivity contribution >= 4 is 23.1 Å². The van der Waals surface area contributed by atoms with Crippen LogP contribution >= 0.6 is 11.6 Å². The van der Waals surface area contributed by atoms with Crippen molar-refractivity contribution < 1.29 is 14.3 Å². The molecular formula is C25H25ClN4O3. The minimum absolute atomic E-state index is 0.0178. The predicted molar refractivity (Wildman–Crippen MR) is 126 cm³/mol. The van der Waals surface area contributed by atoms with E-state index in [1.807, 2.05) is 32.0 Å². The summed E-state index contributed by atoms with van der Waals surface area (Å²) in [7, 11) is 0. The number of carbonyl (C=O) groups excluding carboxylic acids is 1. The highest BCUT2D eigenvalue weighted by Crippen LogP contribution is 2.49. The number of nitrogens with two attached hydrogens (primary N) is 1. The van der Waals surface area contributed by atoms with Crippen molar-refractivity contribution in [1.29, 1.82) is 5.26 Å². The number of aromatic nitrogens is 1. The molecule has 0 spiro atoms. The fourth-order valence-electron chi connectivity index (χ4n) is 4.51. The zero-order valence-corrected chi connectivity index (χ0v) is 19.4. The third-order valence-corrected chi connectivity index (χ3v) is 6.09. The molecule has 0 saturated heterocycles. The van der Waals surface area contributed by atoms with E-state index in [1.54, 1.807) is 23.2 Å². The minimum atomic E-state index is -0.661. The average molecular weight is 465 g/mol. The van der Waals surface area contributed by atoms with Gasteiger partial charge in [-0.15, -0.1) is 0 Å². The summed E-state index contributed by atoms with van der Waals surface area (Å²) in [6.45, 7) is 4.71. The van der Waals surface area contributed by atoms with E-state index in [0.717, 1.165) is 5.70 Å². The first-order chi connectivity index (χ1) is 16.0. The molecule has 7 nitrogen and oxygen atoms in total. The van der Waals surface area contributed by atoms with E-state index >= 15 is 0 Å². The third kappa shape index (κ3) is 4.03. The van der Waals surface area contributed by atoms with Crippen LogP contribution in [0.3, 0.4) is 0 Å². The summed E-state index contributed by atoms with van der Waals surface area (Å²) in [5.74, 6) is 0.775. The number of anilines is 1. The van der Waals surface area contributed by atoms with Crippen LogP contribution in [0.2, 0.25) is 5.15 Å². The summed E-state index contributed by atoms with van der Waals surface area (Å²) in [5.41, 5.74) is 9.39. The molecule has 2 aliphatic rings. The molecule has 1 aliphatic heterocycles. The van der Waals surface area contributed by atoms with Crippen molar-refractivity contribution in [3.63, 3.8) is 0 Å². The van der Waals surface area contributed by atoms with E-state index in [0.29, 0.717) is 60.8 Å². The number of hydrogen-bond donors (Lipinski definition) is 1. The first-order valence-electron chi connectivity index (χ1n) is 11.0. The predicted octanol–water partition coefficient (Wildman–Crippen LogP) is 4.84. The van der Waals surface area contributed by atoms with Crippen molar-refractivity contribution in [3.8, 4) is 17.6 Å². The number of nitrogens with zero attached hydrogens (tertiary/aromatic N) is 3. The van der Waals surface area contributed by atoms with Gasteiger partial charge in [-0.3, -0.25) is 9.69 Å². The van der Waals surface area contributed by atoms with Gasteiger partial charge in [-0.25, -0.2) is 4.98 Å². The Hall–Kier alpha value is -3.50. The summed E-state index contributed by atoms with van der Waals surface area (Å²) in [6.07, 6.45) is 3.29. The SMILES string of the molecule is CCOc1ccc(OCC)c(C2C(C#N)=C(N)N(c3cccnc3Cl)C3=C2C(=O)CCC3)c1. The molecule has 0 bridgehead atoms. The highest BCUT2D eigenvalue weighted by atomic mass is 35.5. The lowest BCUT2D eigenvalue weighted by molar-refractivity contribution is -0.116. The second-order valence-electron chi connectivity index (χ2n) is 7.70. The number of hydrogen-bond acceptors (Lipinski definition) is 7. The lowest BCUT2D eigenvalue weighted by Crippen LogP contribution is -2.39. The Morgan fingerprint density at radius 1 is 1.24 bits per heavy atom. The maximum absolute atomic E-state index is 13.3. The molecule has 170 valence electrons. The van der Waals surface area contributed by atoms with Crippen LogP contribution in [-0.4, -0.2) is 24.0 Å². The molecule has 2 N–H and O–H groups in total. The van der Waals surface area contributed by atoms with Crippen LogP contribution in [0, 0.1) is 11.3 Å². The molecule has 1 aromatic heterocycles. The summed E-state index contributed by atoms with van der Waals surface area (Å²) in [6, 6.07) is 11.3. The molecule has 1 aliphatic carbocycles. The van der Waals surface area contributed by atoms with Crippen molar-refractivity contribution in [3.05, 3.63) is 69.9 Å². The van der Waals surface area contributed by atoms with Crippen LogP contribution in [0.25, 0.3) is 0 Å². The summed E-state index contributed by atoms with van der Waals surface area (Å²) < 4.78 is 11.6. The molecule has 2 aromatic rings. The fourth-order valence-corrected chi connectivity index (χ4v) is 4.72. The van der Waals surface area contributed by atoms with E-state index in [4.69, 9.17) is 26.8 Å². The lowest BCUT2D eigenvalue weighted by atomic mass is 9.75. The van der Waals surface area contributed by atoms with Crippen molar-refractivity contribution in [2.75, 3.05) is 18.1 Å². The van der Waals surface area contributed by atoms with Gasteiger partial charge in [-0.1, -0.05) is 11.6 Å². The molecule has 8 heteroatoms. The Labute approximate surface area is 198 Å². The maximum Gasteiger partial charge on any atom is 0.161 e. The minimum Gasteiger partial charge on any atom is -0.494 e. The molecule has 1 atom stereocenters. The zero-order valence-electron chi connectivity index (χ0n) is 18.6. The Balaban J connectivity index is 2.00. The number of pyridine rings is 1.